The summed E-state index contributed by atoms with van der Waals surface area (Å²) in [7, 11) is -3.17. The van der Waals surface area contributed by atoms with E-state index in [1.165, 1.54) is 4.90 Å². The Labute approximate surface area is 166 Å². The number of rotatable bonds is 6. The summed E-state index contributed by atoms with van der Waals surface area (Å²) in [6.45, 7) is 4.76. The molecule has 0 radical (unpaired) electrons. The second kappa shape index (κ2) is 8.61. The highest BCUT2D eigenvalue weighted by molar-refractivity contribution is 7.91. The van der Waals surface area contributed by atoms with Crippen LogP contribution in [0.4, 0.5) is 5.69 Å². The second-order valence-electron chi connectivity index (χ2n) is 7.75. The molecule has 0 bridgehead atoms. The van der Waals surface area contributed by atoms with Gasteiger partial charge < -0.3 is 15.0 Å². The lowest BCUT2D eigenvalue weighted by atomic mass is 10.1. The molecule has 0 aliphatic carbocycles. The minimum atomic E-state index is -3.17. The fourth-order valence-corrected chi connectivity index (χ4v) is 5.50. The normalized spacial score (nSPS) is 23.5. The van der Waals surface area contributed by atoms with Crippen LogP contribution in [0.2, 0.25) is 0 Å². The summed E-state index contributed by atoms with van der Waals surface area (Å²) in [5, 5.41) is 2.88. The Kier molecular flexibility index (Phi) is 6.40. The van der Waals surface area contributed by atoms with Crippen molar-refractivity contribution >= 4 is 27.3 Å². The molecular formula is C20H28N2O5S. The Morgan fingerprint density at radius 1 is 1.25 bits per heavy atom. The summed E-state index contributed by atoms with van der Waals surface area (Å²) in [5.74, 6) is -1.23. The maximum atomic E-state index is 13.0. The van der Waals surface area contributed by atoms with Gasteiger partial charge in [-0.25, -0.2) is 8.42 Å². The zero-order valence-electron chi connectivity index (χ0n) is 16.4. The number of carbonyl (C=O) groups excluding carboxylic acids is 2. The molecule has 154 valence electrons. The maximum absolute atomic E-state index is 13.0. The number of nitrogens with one attached hydrogen (secondary N) is 1. The van der Waals surface area contributed by atoms with Gasteiger partial charge in [-0.2, -0.15) is 0 Å². The first kappa shape index (κ1) is 20.8. The predicted molar refractivity (Wildman–Crippen MR) is 107 cm³/mol. The molecule has 1 aromatic rings. The molecule has 2 aliphatic heterocycles. The van der Waals surface area contributed by atoms with Crippen LogP contribution in [-0.2, 0) is 24.2 Å². The number of amides is 2. The van der Waals surface area contributed by atoms with Gasteiger partial charge in [0.15, 0.2) is 9.84 Å². The van der Waals surface area contributed by atoms with Gasteiger partial charge >= 0.3 is 0 Å². The molecule has 2 amide bonds. The lowest BCUT2D eigenvalue weighted by Gasteiger charge is -2.27. The highest BCUT2D eigenvalue weighted by atomic mass is 32.2. The number of anilines is 1. The topological polar surface area (TPSA) is 92.8 Å². The molecule has 7 nitrogen and oxygen atoms in total. The van der Waals surface area contributed by atoms with Crippen LogP contribution in [0.15, 0.2) is 18.2 Å². The molecule has 2 atom stereocenters. The van der Waals surface area contributed by atoms with E-state index >= 15 is 0 Å². The van der Waals surface area contributed by atoms with Crippen molar-refractivity contribution in [1.82, 2.24) is 4.90 Å². The Hall–Kier alpha value is -1.93. The van der Waals surface area contributed by atoms with Crippen molar-refractivity contribution in [3.05, 3.63) is 29.3 Å². The Balaban J connectivity index is 1.70. The van der Waals surface area contributed by atoms with Crippen LogP contribution in [0.5, 0.6) is 0 Å². The van der Waals surface area contributed by atoms with E-state index in [2.05, 4.69) is 5.32 Å². The highest BCUT2D eigenvalue weighted by Crippen LogP contribution is 2.23. The first-order chi connectivity index (χ1) is 13.2. The number of benzene rings is 1. The zero-order valence-corrected chi connectivity index (χ0v) is 17.3. The van der Waals surface area contributed by atoms with Crippen molar-refractivity contribution in [2.45, 2.75) is 39.2 Å². The smallest absolute Gasteiger partial charge is 0.244 e. The third-order valence-corrected chi connectivity index (χ3v) is 7.32. The van der Waals surface area contributed by atoms with Gasteiger partial charge in [0.25, 0.3) is 0 Å². The Morgan fingerprint density at radius 3 is 2.68 bits per heavy atom. The van der Waals surface area contributed by atoms with Crippen LogP contribution in [0.25, 0.3) is 0 Å². The van der Waals surface area contributed by atoms with E-state index in [-0.39, 0.29) is 36.0 Å². The number of carbonyl (C=O) groups is 2. The van der Waals surface area contributed by atoms with E-state index < -0.39 is 15.8 Å². The molecule has 8 heteroatoms. The second-order valence-corrected chi connectivity index (χ2v) is 9.98. The van der Waals surface area contributed by atoms with E-state index in [1.807, 2.05) is 32.0 Å². The number of nitrogens with zero attached hydrogens (tertiary/aromatic N) is 1. The molecule has 2 heterocycles. The molecule has 28 heavy (non-hydrogen) atoms. The average molecular weight is 409 g/mol. The molecule has 2 aliphatic rings. The van der Waals surface area contributed by atoms with Crippen molar-refractivity contribution in [1.29, 1.82) is 0 Å². The molecule has 0 spiro atoms. The van der Waals surface area contributed by atoms with E-state index in [0.717, 1.165) is 29.7 Å². The first-order valence-electron chi connectivity index (χ1n) is 9.72. The van der Waals surface area contributed by atoms with Gasteiger partial charge in [-0.3, -0.25) is 9.59 Å². The quantitative estimate of drug-likeness (QED) is 0.773. The zero-order chi connectivity index (χ0) is 20.3. The molecule has 1 N–H and O–H groups in total. The predicted octanol–water partition coefficient (Wildman–Crippen LogP) is 1.68. The summed E-state index contributed by atoms with van der Waals surface area (Å²) in [4.78, 5) is 27.1. The highest BCUT2D eigenvalue weighted by Gasteiger charge is 2.37. The number of aryl methyl sites for hydroxylation is 1. The van der Waals surface area contributed by atoms with Crippen LogP contribution < -0.4 is 5.32 Å². The van der Waals surface area contributed by atoms with Crippen LogP contribution in [0.3, 0.4) is 0 Å². The molecule has 2 saturated heterocycles. The minimum absolute atomic E-state index is 0.0336. The summed E-state index contributed by atoms with van der Waals surface area (Å²) in [5.41, 5.74) is 2.77. The molecule has 0 aromatic heterocycles. The molecule has 0 unspecified atom stereocenters. The fourth-order valence-electron chi connectivity index (χ4n) is 3.76. The Morgan fingerprint density at radius 2 is 2.04 bits per heavy atom. The number of ether oxygens (including phenoxy) is 1. The van der Waals surface area contributed by atoms with Gasteiger partial charge in [-0.1, -0.05) is 12.1 Å². The molecule has 1 aromatic carbocycles. The summed E-state index contributed by atoms with van der Waals surface area (Å²) < 4.78 is 29.2. The van der Waals surface area contributed by atoms with Crippen molar-refractivity contribution < 1.29 is 22.7 Å². The van der Waals surface area contributed by atoms with Gasteiger partial charge in [-0.15, -0.1) is 0 Å². The van der Waals surface area contributed by atoms with Crippen LogP contribution in [-0.4, -0.2) is 62.4 Å². The van der Waals surface area contributed by atoms with E-state index in [9.17, 15) is 18.0 Å². The number of hydrogen-bond acceptors (Lipinski definition) is 5. The first-order valence-corrected chi connectivity index (χ1v) is 11.5. The van der Waals surface area contributed by atoms with E-state index in [1.54, 1.807) is 0 Å². The summed E-state index contributed by atoms with van der Waals surface area (Å²) in [6.07, 6.45) is 1.99. The van der Waals surface area contributed by atoms with Gasteiger partial charge in [0, 0.05) is 18.8 Å². The van der Waals surface area contributed by atoms with Crippen molar-refractivity contribution in [2.24, 2.45) is 5.92 Å². The standard InChI is InChI=1S/C20H28N2O5S/c1-14-5-3-7-18(15(14)2)21-19(23)12-22(11-17-6-4-9-27-17)20(24)16-8-10-28(25,26)13-16/h3,5,7,16-17H,4,6,8-13H2,1-2H3,(H,21,23)/t16-,17-/m0/s1. The third kappa shape index (κ3) is 5.11. The van der Waals surface area contributed by atoms with Crippen LogP contribution >= 0.6 is 0 Å². The molecule has 0 saturated carbocycles. The minimum Gasteiger partial charge on any atom is -0.376 e. The lowest BCUT2D eigenvalue weighted by Crippen LogP contribution is -2.45. The summed E-state index contributed by atoms with van der Waals surface area (Å²) >= 11 is 0. The van der Waals surface area contributed by atoms with Gasteiger partial charge in [-0.05, 0) is 50.3 Å². The monoisotopic (exact) mass is 408 g/mol. The Bertz CT molecular complexity index is 846. The molecular weight excluding hydrogens is 380 g/mol. The van der Waals surface area contributed by atoms with E-state index in [0.29, 0.717) is 19.6 Å². The SMILES string of the molecule is Cc1cccc(NC(=O)CN(C[C@@H]2CCCO2)C(=O)[C@H]2CCS(=O)(=O)C2)c1C. The van der Waals surface area contributed by atoms with Crippen molar-refractivity contribution in [3.63, 3.8) is 0 Å². The fraction of sp³-hybridized carbons (Fsp3) is 0.600. The average Bonchev–Trinajstić information content (AvgIpc) is 3.27. The van der Waals surface area contributed by atoms with Gasteiger partial charge in [0.05, 0.1) is 30.1 Å². The van der Waals surface area contributed by atoms with Gasteiger partial charge in [0.2, 0.25) is 11.8 Å². The van der Waals surface area contributed by atoms with Crippen LogP contribution in [0, 0.1) is 19.8 Å². The third-order valence-electron chi connectivity index (χ3n) is 5.55. The van der Waals surface area contributed by atoms with Crippen LogP contribution in [0.1, 0.15) is 30.4 Å². The largest absolute Gasteiger partial charge is 0.376 e. The number of sulfone groups is 1. The maximum Gasteiger partial charge on any atom is 0.244 e. The van der Waals surface area contributed by atoms with Crippen molar-refractivity contribution in [3.8, 4) is 0 Å². The number of hydrogen-bond donors (Lipinski definition) is 1. The lowest BCUT2D eigenvalue weighted by molar-refractivity contribution is -0.139. The van der Waals surface area contributed by atoms with E-state index in [4.69, 9.17) is 4.74 Å². The summed E-state index contributed by atoms with van der Waals surface area (Å²) in [6, 6.07) is 5.67. The van der Waals surface area contributed by atoms with Crippen molar-refractivity contribution in [2.75, 3.05) is 36.5 Å². The molecule has 3 rings (SSSR count). The van der Waals surface area contributed by atoms with Gasteiger partial charge in [0.1, 0.15) is 0 Å². The molecule has 2 fully saturated rings.